The summed E-state index contributed by atoms with van der Waals surface area (Å²) in [6.07, 6.45) is 0.889. The van der Waals surface area contributed by atoms with Gasteiger partial charge in [-0.05, 0) is 13.8 Å². The van der Waals surface area contributed by atoms with Gasteiger partial charge in [-0.3, -0.25) is 14.7 Å². The lowest BCUT2D eigenvalue weighted by Gasteiger charge is -2.04. The van der Waals surface area contributed by atoms with E-state index in [9.17, 15) is 14.4 Å². The molecule has 20 heavy (non-hydrogen) atoms. The molecule has 8 heteroatoms. The number of aromatic amines is 1. The van der Waals surface area contributed by atoms with Crippen molar-refractivity contribution in [3.63, 3.8) is 0 Å². The van der Waals surface area contributed by atoms with Crippen molar-refractivity contribution in [3.8, 4) is 0 Å². The number of carbonyl (C=O) groups excluding carboxylic acids is 1. The molecular weight excluding hydrogens is 266 g/mol. The molecule has 106 valence electrons. The molecule has 0 aromatic carbocycles. The number of aliphatic carboxylic acids is 1. The van der Waals surface area contributed by atoms with Gasteiger partial charge in [0.25, 0.3) is 5.56 Å². The maximum Gasteiger partial charge on any atom is 0.343 e. The molecule has 0 bridgehead atoms. The minimum Gasteiger partial charge on any atom is -0.481 e. The van der Waals surface area contributed by atoms with Gasteiger partial charge in [-0.2, -0.15) is 0 Å². The molecule has 0 amide bonds. The normalized spacial score (nSPS) is 10.7. The quantitative estimate of drug-likeness (QED) is 0.769. The van der Waals surface area contributed by atoms with Crippen molar-refractivity contribution >= 4 is 17.6 Å². The van der Waals surface area contributed by atoms with Crippen LogP contribution in [0.25, 0.3) is 5.65 Å². The predicted molar refractivity (Wildman–Crippen MR) is 67.8 cm³/mol. The maximum atomic E-state index is 12.2. The molecular formula is C12H13N3O5. The van der Waals surface area contributed by atoms with Gasteiger partial charge in [0.1, 0.15) is 5.56 Å². The molecule has 2 heterocycles. The summed E-state index contributed by atoms with van der Waals surface area (Å²) in [5, 5.41) is 11.4. The summed E-state index contributed by atoms with van der Waals surface area (Å²) in [7, 11) is 0. The van der Waals surface area contributed by atoms with Crippen LogP contribution in [-0.4, -0.2) is 38.3 Å². The first-order chi connectivity index (χ1) is 9.45. The minimum absolute atomic E-state index is 0.0762. The van der Waals surface area contributed by atoms with Gasteiger partial charge in [-0.15, -0.1) is 0 Å². The zero-order valence-electron chi connectivity index (χ0n) is 11.0. The van der Waals surface area contributed by atoms with Gasteiger partial charge < -0.3 is 9.84 Å². The molecule has 0 saturated carbocycles. The zero-order chi connectivity index (χ0) is 14.9. The third kappa shape index (κ3) is 2.27. The van der Waals surface area contributed by atoms with Crippen LogP contribution in [0.2, 0.25) is 0 Å². The first kappa shape index (κ1) is 13.8. The molecule has 2 aromatic heterocycles. The van der Waals surface area contributed by atoms with E-state index in [1.165, 1.54) is 13.1 Å². The van der Waals surface area contributed by atoms with Crippen LogP contribution in [0.3, 0.4) is 0 Å². The highest BCUT2D eigenvalue weighted by atomic mass is 16.5. The van der Waals surface area contributed by atoms with Crippen LogP contribution in [0.15, 0.2) is 11.0 Å². The summed E-state index contributed by atoms with van der Waals surface area (Å²) in [5.41, 5.74) is 0.0780. The fourth-order valence-corrected chi connectivity index (χ4v) is 1.87. The second-order valence-corrected chi connectivity index (χ2v) is 4.12. The minimum atomic E-state index is -1.12. The number of fused-ring (bicyclic) bond motifs is 1. The summed E-state index contributed by atoms with van der Waals surface area (Å²) in [6.45, 7) is 3.40. The number of hydrogen-bond donors (Lipinski definition) is 2. The van der Waals surface area contributed by atoms with Crippen molar-refractivity contribution in [1.29, 1.82) is 0 Å². The average Bonchev–Trinajstić information content (AvgIpc) is 2.78. The number of hydrogen-bond acceptors (Lipinski definition) is 5. The van der Waals surface area contributed by atoms with E-state index in [0.717, 1.165) is 4.52 Å². The lowest BCUT2D eigenvalue weighted by Crippen LogP contribution is -2.24. The number of nitrogens with zero attached hydrogens (tertiary/aromatic N) is 2. The van der Waals surface area contributed by atoms with Crippen LogP contribution in [0.1, 0.15) is 28.5 Å². The Kier molecular flexibility index (Phi) is 3.55. The largest absolute Gasteiger partial charge is 0.481 e. The van der Waals surface area contributed by atoms with E-state index in [2.05, 4.69) is 10.1 Å². The Hall–Kier alpha value is -2.64. The van der Waals surface area contributed by atoms with Crippen molar-refractivity contribution in [3.05, 3.63) is 33.4 Å². The number of ether oxygens (including phenoxy) is 1. The number of H-pyrrole nitrogens is 1. The molecule has 0 fully saturated rings. The smallest absolute Gasteiger partial charge is 0.343 e. The molecule has 0 unspecified atom stereocenters. The Morgan fingerprint density at radius 3 is 2.80 bits per heavy atom. The second kappa shape index (κ2) is 5.16. The van der Waals surface area contributed by atoms with E-state index in [4.69, 9.17) is 9.84 Å². The van der Waals surface area contributed by atoms with Gasteiger partial charge in [0.05, 0.1) is 18.6 Å². The molecule has 2 rings (SSSR count). The van der Waals surface area contributed by atoms with E-state index < -0.39 is 23.9 Å². The third-order valence-corrected chi connectivity index (χ3v) is 2.79. The maximum absolute atomic E-state index is 12.2. The number of esters is 1. The van der Waals surface area contributed by atoms with Gasteiger partial charge in [0.2, 0.25) is 0 Å². The van der Waals surface area contributed by atoms with E-state index in [1.54, 1.807) is 6.92 Å². The summed E-state index contributed by atoms with van der Waals surface area (Å²) < 4.78 is 5.90. The lowest BCUT2D eigenvalue weighted by atomic mass is 10.1. The van der Waals surface area contributed by atoms with E-state index in [-0.39, 0.29) is 29.1 Å². The first-order valence-electron chi connectivity index (χ1n) is 5.94. The molecule has 0 spiro atoms. The van der Waals surface area contributed by atoms with Gasteiger partial charge in [-0.1, -0.05) is 0 Å². The topological polar surface area (TPSA) is 114 Å². The van der Waals surface area contributed by atoms with E-state index in [0.29, 0.717) is 0 Å². The lowest BCUT2D eigenvalue weighted by molar-refractivity contribution is -0.136. The Balaban J connectivity index is 2.63. The molecule has 0 atom stereocenters. The van der Waals surface area contributed by atoms with Crippen molar-refractivity contribution in [2.45, 2.75) is 20.3 Å². The van der Waals surface area contributed by atoms with Gasteiger partial charge in [0, 0.05) is 11.9 Å². The van der Waals surface area contributed by atoms with Crippen LogP contribution in [-0.2, 0) is 16.0 Å². The second-order valence-electron chi connectivity index (χ2n) is 4.12. The van der Waals surface area contributed by atoms with Gasteiger partial charge in [0.15, 0.2) is 5.65 Å². The predicted octanol–water partition coefficient (Wildman–Crippen LogP) is 0.135. The molecule has 0 aliphatic heterocycles. The number of carbonyl (C=O) groups is 2. The van der Waals surface area contributed by atoms with Crippen molar-refractivity contribution in [1.82, 2.24) is 14.6 Å². The highest BCUT2D eigenvalue weighted by Crippen LogP contribution is 2.10. The summed E-state index contributed by atoms with van der Waals surface area (Å²) >= 11 is 0. The summed E-state index contributed by atoms with van der Waals surface area (Å²) in [6, 6.07) is 0. The number of aromatic nitrogens is 3. The van der Waals surface area contributed by atoms with Crippen molar-refractivity contribution in [2.75, 3.05) is 6.61 Å². The fraction of sp³-hybridized carbons (Fsp3) is 0.333. The SMILES string of the molecule is CCOC(=O)c1c[nH]n2c(=O)c(CC(=O)O)c(C)nc12. The standard InChI is InChI=1S/C12H13N3O5/c1-3-20-12(19)8-5-13-15-10(8)14-6(2)7(11(15)18)4-9(16)17/h5,13H,3-4H2,1-2H3,(H,16,17). The molecule has 8 nitrogen and oxygen atoms in total. The number of carboxylic acids is 1. The molecule has 2 aromatic rings. The number of nitrogens with one attached hydrogen (secondary N) is 1. The van der Waals surface area contributed by atoms with Crippen molar-refractivity contribution < 1.29 is 19.4 Å². The molecule has 0 saturated heterocycles. The highest BCUT2D eigenvalue weighted by Gasteiger charge is 2.19. The van der Waals surface area contributed by atoms with Gasteiger partial charge >= 0.3 is 11.9 Å². The van der Waals surface area contributed by atoms with E-state index in [1.807, 2.05) is 0 Å². The zero-order valence-corrected chi connectivity index (χ0v) is 11.0. The Labute approximate surface area is 113 Å². The Morgan fingerprint density at radius 2 is 2.20 bits per heavy atom. The Bertz CT molecular complexity index is 743. The first-order valence-corrected chi connectivity index (χ1v) is 5.94. The van der Waals surface area contributed by atoms with Crippen LogP contribution in [0.5, 0.6) is 0 Å². The van der Waals surface area contributed by atoms with Crippen LogP contribution < -0.4 is 5.56 Å². The summed E-state index contributed by atoms with van der Waals surface area (Å²) in [4.78, 5) is 38.7. The van der Waals surface area contributed by atoms with Gasteiger partial charge in [-0.25, -0.2) is 14.3 Å². The van der Waals surface area contributed by atoms with Crippen LogP contribution >= 0.6 is 0 Å². The monoisotopic (exact) mass is 279 g/mol. The summed E-state index contributed by atoms with van der Waals surface area (Å²) in [5.74, 6) is -1.72. The average molecular weight is 279 g/mol. The molecule has 0 aliphatic rings. The Morgan fingerprint density at radius 1 is 1.50 bits per heavy atom. The van der Waals surface area contributed by atoms with Crippen molar-refractivity contribution in [2.24, 2.45) is 0 Å². The highest BCUT2D eigenvalue weighted by molar-refractivity contribution is 5.95. The van der Waals surface area contributed by atoms with E-state index >= 15 is 0 Å². The molecule has 2 N–H and O–H groups in total. The molecule has 0 aliphatic carbocycles. The number of rotatable bonds is 4. The van der Waals surface area contributed by atoms with Crippen LogP contribution in [0.4, 0.5) is 0 Å². The fourth-order valence-electron chi connectivity index (χ4n) is 1.87. The third-order valence-electron chi connectivity index (χ3n) is 2.79. The molecule has 0 radical (unpaired) electrons. The number of aryl methyl sites for hydroxylation is 1. The number of carboxylic acid groups (broad SMARTS) is 1. The van der Waals surface area contributed by atoms with Crippen LogP contribution in [0, 0.1) is 6.92 Å².